The first-order chi connectivity index (χ1) is 9.22. The second-order valence-electron chi connectivity index (χ2n) is 4.76. The minimum atomic E-state index is 0.373. The summed E-state index contributed by atoms with van der Waals surface area (Å²) in [5.74, 6) is 3.42. The van der Waals surface area contributed by atoms with Crippen LogP contribution in [0.4, 0.5) is 0 Å². The van der Waals surface area contributed by atoms with Crippen molar-refractivity contribution in [2.75, 3.05) is 18.6 Å². The Morgan fingerprint density at radius 3 is 2.63 bits per heavy atom. The van der Waals surface area contributed by atoms with Gasteiger partial charge in [0.15, 0.2) is 0 Å². The number of rotatable bonds is 9. The lowest BCUT2D eigenvalue weighted by Crippen LogP contribution is -2.31. The summed E-state index contributed by atoms with van der Waals surface area (Å²) in [5, 5.41) is 3.72. The zero-order chi connectivity index (χ0) is 14.1. The van der Waals surface area contributed by atoms with Crippen LogP contribution in [0.25, 0.3) is 0 Å². The maximum atomic E-state index is 5.46. The van der Waals surface area contributed by atoms with Gasteiger partial charge in [-0.2, -0.15) is 11.8 Å². The maximum Gasteiger partial charge on any atom is 0.123 e. The minimum absolute atomic E-state index is 0.373. The largest absolute Gasteiger partial charge is 0.496 e. The third kappa shape index (κ3) is 5.45. The fourth-order valence-electron chi connectivity index (χ4n) is 2.21. The molecule has 0 aromatic heterocycles. The first-order valence-electron chi connectivity index (χ1n) is 7.19. The third-order valence-electron chi connectivity index (χ3n) is 3.31. The number of hydrogen-bond donors (Lipinski definition) is 1. The second kappa shape index (κ2) is 9.27. The average molecular weight is 281 g/mol. The number of ether oxygens (including phenoxy) is 1. The van der Waals surface area contributed by atoms with E-state index in [0.717, 1.165) is 12.2 Å². The van der Waals surface area contributed by atoms with Gasteiger partial charge in [0.05, 0.1) is 7.11 Å². The number of hydrogen-bond acceptors (Lipinski definition) is 3. The highest BCUT2D eigenvalue weighted by atomic mass is 32.2. The van der Waals surface area contributed by atoms with E-state index < -0.39 is 0 Å². The van der Waals surface area contributed by atoms with E-state index in [1.807, 2.05) is 23.9 Å². The van der Waals surface area contributed by atoms with Crippen LogP contribution in [0.2, 0.25) is 0 Å². The fraction of sp³-hybridized carbons (Fsp3) is 0.625. The quantitative estimate of drug-likeness (QED) is 0.683. The molecule has 0 radical (unpaired) electrons. The smallest absolute Gasteiger partial charge is 0.123 e. The number of para-hydroxylation sites is 1. The maximum absolute atomic E-state index is 5.46. The number of nitrogens with one attached hydrogen (secondary N) is 1. The summed E-state index contributed by atoms with van der Waals surface area (Å²) in [6, 6.07) is 9.22. The molecule has 0 bridgehead atoms. The molecule has 1 aromatic rings. The van der Waals surface area contributed by atoms with Crippen molar-refractivity contribution in [1.29, 1.82) is 0 Å². The van der Waals surface area contributed by atoms with E-state index in [-0.39, 0.29) is 0 Å². The Kier molecular flexibility index (Phi) is 7.99. The number of thioether (sulfide) groups is 1. The molecule has 0 aliphatic carbocycles. The van der Waals surface area contributed by atoms with Crippen LogP contribution < -0.4 is 10.1 Å². The van der Waals surface area contributed by atoms with E-state index in [0.29, 0.717) is 12.1 Å². The highest BCUT2D eigenvalue weighted by molar-refractivity contribution is 7.99. The number of methoxy groups -OCH3 is 1. The molecule has 1 rings (SSSR count). The standard InChI is InChI=1S/C16H27NOS/c1-5-15(17-13(3)11-12-19-6-2)14-9-7-8-10-16(14)18-4/h7-10,13,15,17H,5-6,11-12H2,1-4H3. The van der Waals surface area contributed by atoms with Crippen molar-refractivity contribution in [2.45, 2.75) is 45.7 Å². The predicted octanol–water partition coefficient (Wildman–Crippen LogP) is 4.27. The van der Waals surface area contributed by atoms with Crippen LogP contribution in [0.1, 0.15) is 45.2 Å². The van der Waals surface area contributed by atoms with E-state index in [2.05, 4.69) is 38.2 Å². The normalized spacial score (nSPS) is 14.1. The minimum Gasteiger partial charge on any atom is -0.496 e. The Bertz CT molecular complexity index is 356. The molecule has 19 heavy (non-hydrogen) atoms. The van der Waals surface area contributed by atoms with Crippen molar-refractivity contribution in [3.8, 4) is 5.75 Å². The second-order valence-corrected chi connectivity index (χ2v) is 6.15. The molecule has 0 aliphatic heterocycles. The summed E-state index contributed by atoms with van der Waals surface area (Å²) in [4.78, 5) is 0. The zero-order valence-electron chi connectivity index (χ0n) is 12.6. The zero-order valence-corrected chi connectivity index (χ0v) is 13.4. The molecule has 1 N–H and O–H groups in total. The lowest BCUT2D eigenvalue weighted by Gasteiger charge is -2.24. The summed E-state index contributed by atoms with van der Waals surface area (Å²) in [7, 11) is 1.74. The topological polar surface area (TPSA) is 21.3 Å². The molecule has 0 amide bonds. The van der Waals surface area contributed by atoms with Crippen LogP contribution in [0, 0.1) is 0 Å². The summed E-state index contributed by atoms with van der Waals surface area (Å²) < 4.78 is 5.46. The van der Waals surface area contributed by atoms with Gasteiger partial charge in [0.25, 0.3) is 0 Å². The molecule has 0 saturated carbocycles. The highest BCUT2D eigenvalue weighted by Crippen LogP contribution is 2.27. The summed E-state index contributed by atoms with van der Waals surface area (Å²) in [5.41, 5.74) is 1.27. The molecular weight excluding hydrogens is 254 g/mol. The summed E-state index contributed by atoms with van der Waals surface area (Å²) in [6.07, 6.45) is 2.29. The molecule has 0 heterocycles. The van der Waals surface area contributed by atoms with Crippen LogP contribution in [0.15, 0.2) is 24.3 Å². The Labute approximate surface area is 122 Å². The Hall–Kier alpha value is -0.670. The molecule has 1 aromatic carbocycles. The lowest BCUT2D eigenvalue weighted by atomic mass is 10.0. The van der Waals surface area contributed by atoms with Gasteiger partial charge in [0.1, 0.15) is 5.75 Å². The summed E-state index contributed by atoms with van der Waals surface area (Å²) in [6.45, 7) is 6.71. The Morgan fingerprint density at radius 1 is 1.26 bits per heavy atom. The van der Waals surface area contributed by atoms with Crippen molar-refractivity contribution in [3.63, 3.8) is 0 Å². The van der Waals surface area contributed by atoms with E-state index >= 15 is 0 Å². The third-order valence-corrected chi connectivity index (χ3v) is 4.24. The molecule has 108 valence electrons. The van der Waals surface area contributed by atoms with Gasteiger partial charge in [-0.25, -0.2) is 0 Å². The van der Waals surface area contributed by atoms with Crippen LogP contribution in [0.3, 0.4) is 0 Å². The van der Waals surface area contributed by atoms with Crippen LogP contribution >= 0.6 is 11.8 Å². The molecule has 2 unspecified atom stereocenters. The van der Waals surface area contributed by atoms with Gasteiger partial charge in [0, 0.05) is 17.6 Å². The van der Waals surface area contributed by atoms with Gasteiger partial charge in [-0.3, -0.25) is 0 Å². The predicted molar refractivity (Wildman–Crippen MR) is 86.2 cm³/mol. The van der Waals surface area contributed by atoms with E-state index in [1.165, 1.54) is 23.5 Å². The van der Waals surface area contributed by atoms with Crippen molar-refractivity contribution < 1.29 is 4.74 Å². The van der Waals surface area contributed by atoms with Crippen molar-refractivity contribution >= 4 is 11.8 Å². The van der Waals surface area contributed by atoms with Crippen LogP contribution in [-0.2, 0) is 0 Å². The highest BCUT2D eigenvalue weighted by Gasteiger charge is 2.15. The first kappa shape index (κ1) is 16.4. The van der Waals surface area contributed by atoms with Gasteiger partial charge < -0.3 is 10.1 Å². The molecule has 0 fully saturated rings. The number of benzene rings is 1. The van der Waals surface area contributed by atoms with E-state index in [9.17, 15) is 0 Å². The lowest BCUT2D eigenvalue weighted by molar-refractivity contribution is 0.385. The van der Waals surface area contributed by atoms with Crippen molar-refractivity contribution in [1.82, 2.24) is 5.32 Å². The van der Waals surface area contributed by atoms with Gasteiger partial charge in [-0.05, 0) is 37.3 Å². The van der Waals surface area contributed by atoms with Crippen molar-refractivity contribution in [3.05, 3.63) is 29.8 Å². The molecular formula is C16H27NOS. The van der Waals surface area contributed by atoms with Gasteiger partial charge in [0.2, 0.25) is 0 Å². The molecule has 0 saturated heterocycles. The van der Waals surface area contributed by atoms with Gasteiger partial charge >= 0.3 is 0 Å². The molecule has 0 spiro atoms. The Morgan fingerprint density at radius 2 is 2.00 bits per heavy atom. The SMILES string of the molecule is CCSCCC(C)NC(CC)c1ccccc1OC. The average Bonchev–Trinajstić information content (AvgIpc) is 2.45. The van der Waals surface area contributed by atoms with Gasteiger partial charge in [-0.15, -0.1) is 0 Å². The van der Waals surface area contributed by atoms with Gasteiger partial charge in [-0.1, -0.05) is 32.0 Å². The summed E-state index contributed by atoms with van der Waals surface area (Å²) >= 11 is 2.01. The van der Waals surface area contributed by atoms with Crippen LogP contribution in [0.5, 0.6) is 5.75 Å². The molecule has 3 heteroatoms. The Balaban J connectivity index is 2.61. The monoisotopic (exact) mass is 281 g/mol. The fourth-order valence-corrected chi connectivity index (χ4v) is 3.02. The first-order valence-corrected chi connectivity index (χ1v) is 8.35. The molecule has 0 aliphatic rings. The van der Waals surface area contributed by atoms with E-state index in [4.69, 9.17) is 4.74 Å². The molecule has 2 nitrogen and oxygen atoms in total. The van der Waals surface area contributed by atoms with E-state index in [1.54, 1.807) is 7.11 Å². The van der Waals surface area contributed by atoms with Crippen LogP contribution in [-0.4, -0.2) is 24.7 Å². The van der Waals surface area contributed by atoms with Crippen molar-refractivity contribution in [2.24, 2.45) is 0 Å². The molecule has 2 atom stereocenters.